The van der Waals surface area contributed by atoms with E-state index >= 15 is 0 Å². The molecule has 1 amide bonds. The van der Waals surface area contributed by atoms with Gasteiger partial charge in [0.1, 0.15) is 23.4 Å². The van der Waals surface area contributed by atoms with Gasteiger partial charge in [-0.05, 0) is 60.9 Å². The molecule has 5 rings (SSSR count). The van der Waals surface area contributed by atoms with E-state index in [1.54, 1.807) is 12.1 Å². The monoisotopic (exact) mass is 469 g/mol. The van der Waals surface area contributed by atoms with Gasteiger partial charge < -0.3 is 19.5 Å². The molecular formula is C29H27NO5. The lowest BCUT2D eigenvalue weighted by Gasteiger charge is -2.25. The molecule has 3 aromatic rings. The number of benzene rings is 3. The van der Waals surface area contributed by atoms with Gasteiger partial charge in [0.05, 0.1) is 18.2 Å². The number of aliphatic hydroxyl groups is 1. The molecule has 0 bridgehead atoms. The molecule has 1 saturated heterocycles. The minimum absolute atomic E-state index is 0.0581. The van der Waals surface area contributed by atoms with E-state index in [1.165, 1.54) is 4.90 Å². The topological polar surface area (TPSA) is 76.1 Å². The van der Waals surface area contributed by atoms with Crippen LogP contribution in [-0.2, 0) is 22.6 Å². The lowest BCUT2D eigenvalue weighted by molar-refractivity contribution is -0.140. The summed E-state index contributed by atoms with van der Waals surface area (Å²) >= 11 is 0. The summed E-state index contributed by atoms with van der Waals surface area (Å²) in [6.07, 6.45) is 0.781. The normalized spacial score (nSPS) is 20.6. The largest absolute Gasteiger partial charge is 0.507 e. The maximum atomic E-state index is 13.3. The zero-order valence-corrected chi connectivity index (χ0v) is 19.7. The van der Waals surface area contributed by atoms with Gasteiger partial charge in [0.2, 0.25) is 0 Å². The van der Waals surface area contributed by atoms with Crippen LogP contribution in [0, 0.1) is 0 Å². The van der Waals surface area contributed by atoms with Crippen molar-refractivity contribution in [3.8, 4) is 11.5 Å². The third-order valence-electron chi connectivity index (χ3n) is 6.41. The van der Waals surface area contributed by atoms with Gasteiger partial charge in [-0.15, -0.1) is 0 Å². The predicted octanol–water partition coefficient (Wildman–Crippen LogP) is 5.03. The molecular weight excluding hydrogens is 442 g/mol. The molecule has 0 unspecified atom stereocenters. The van der Waals surface area contributed by atoms with Gasteiger partial charge in [0, 0.05) is 18.5 Å². The Hall–Kier alpha value is -4.06. The van der Waals surface area contributed by atoms with Crippen molar-refractivity contribution < 1.29 is 24.2 Å². The fourth-order valence-electron chi connectivity index (χ4n) is 4.81. The Labute approximate surface area is 204 Å². The summed E-state index contributed by atoms with van der Waals surface area (Å²) in [5.41, 5.74) is 3.17. The third-order valence-corrected chi connectivity index (χ3v) is 6.41. The summed E-state index contributed by atoms with van der Waals surface area (Å²) in [5, 5.41) is 11.4. The highest BCUT2D eigenvalue weighted by Crippen LogP contribution is 2.41. The zero-order valence-electron chi connectivity index (χ0n) is 19.7. The first-order chi connectivity index (χ1) is 17.0. The Kier molecular flexibility index (Phi) is 6.03. The molecule has 0 aromatic heterocycles. The molecule has 6 heteroatoms. The molecule has 0 saturated carbocycles. The van der Waals surface area contributed by atoms with Crippen molar-refractivity contribution in [2.24, 2.45) is 0 Å². The maximum absolute atomic E-state index is 13.3. The summed E-state index contributed by atoms with van der Waals surface area (Å²) in [6, 6.07) is 21.5. The number of nitrogens with zero attached hydrogens (tertiary/aromatic N) is 1. The molecule has 1 fully saturated rings. The Bertz CT molecular complexity index is 1300. The van der Waals surface area contributed by atoms with Gasteiger partial charge in [-0.25, -0.2) is 0 Å². The second-order valence-electron chi connectivity index (χ2n) is 8.87. The Morgan fingerprint density at radius 2 is 1.80 bits per heavy atom. The zero-order chi connectivity index (χ0) is 24.5. The lowest BCUT2D eigenvalue weighted by atomic mass is 9.94. The highest BCUT2D eigenvalue weighted by Gasteiger charge is 2.46. The van der Waals surface area contributed by atoms with E-state index in [0.29, 0.717) is 17.9 Å². The fourth-order valence-corrected chi connectivity index (χ4v) is 4.81. The van der Waals surface area contributed by atoms with Gasteiger partial charge in [0.25, 0.3) is 11.7 Å². The molecule has 0 aliphatic carbocycles. The molecule has 1 N–H and O–H groups in total. The molecule has 0 spiro atoms. The molecule has 2 aliphatic rings. The number of hydrogen-bond donors (Lipinski definition) is 1. The number of ether oxygens (including phenoxy) is 2. The van der Waals surface area contributed by atoms with Crippen LogP contribution in [-0.4, -0.2) is 34.4 Å². The average molecular weight is 470 g/mol. The molecule has 35 heavy (non-hydrogen) atoms. The maximum Gasteiger partial charge on any atom is 0.295 e. The van der Waals surface area contributed by atoms with Crippen molar-refractivity contribution in [3.05, 3.63) is 101 Å². The Balaban J connectivity index is 1.60. The number of fused-ring (bicyclic) bond motifs is 1. The summed E-state index contributed by atoms with van der Waals surface area (Å²) in [4.78, 5) is 28.1. The van der Waals surface area contributed by atoms with E-state index in [0.717, 1.165) is 28.9 Å². The van der Waals surface area contributed by atoms with E-state index in [-0.39, 0.29) is 24.0 Å². The average Bonchev–Trinajstić information content (AvgIpc) is 3.36. The first-order valence-electron chi connectivity index (χ1n) is 11.8. The van der Waals surface area contributed by atoms with Gasteiger partial charge in [-0.1, -0.05) is 42.5 Å². The molecule has 2 atom stereocenters. The smallest absolute Gasteiger partial charge is 0.295 e. The van der Waals surface area contributed by atoms with Crippen molar-refractivity contribution in [1.82, 2.24) is 4.90 Å². The van der Waals surface area contributed by atoms with Crippen LogP contribution >= 0.6 is 0 Å². The van der Waals surface area contributed by atoms with Gasteiger partial charge >= 0.3 is 0 Å². The SMILES string of the molecule is CCOc1ccc([C@@H]2/C(=C(\O)c3ccc4c(c3)C[C@H](C)O4)C(=O)C(=O)N2Cc2ccccc2)cc1. The van der Waals surface area contributed by atoms with E-state index in [2.05, 4.69) is 0 Å². The van der Waals surface area contributed by atoms with Crippen LogP contribution in [0.25, 0.3) is 5.76 Å². The molecule has 178 valence electrons. The molecule has 3 aromatic carbocycles. The molecule has 0 radical (unpaired) electrons. The highest BCUT2D eigenvalue weighted by molar-refractivity contribution is 6.46. The van der Waals surface area contributed by atoms with Crippen molar-refractivity contribution in [1.29, 1.82) is 0 Å². The standard InChI is InChI=1S/C29H27NO5/c1-3-34-23-12-9-20(10-13-23)26-25(27(31)21-11-14-24-22(16-21)15-18(2)35-24)28(32)29(33)30(26)17-19-7-5-4-6-8-19/h4-14,16,18,26,31H,3,15,17H2,1-2H3/b27-25+/t18-,26+/m0/s1. The van der Waals surface area contributed by atoms with Crippen LogP contribution in [0.5, 0.6) is 11.5 Å². The van der Waals surface area contributed by atoms with E-state index < -0.39 is 17.7 Å². The van der Waals surface area contributed by atoms with Crippen molar-refractivity contribution in [2.45, 2.75) is 39.0 Å². The van der Waals surface area contributed by atoms with Crippen LogP contribution in [0.2, 0.25) is 0 Å². The van der Waals surface area contributed by atoms with E-state index in [1.807, 2.05) is 74.5 Å². The summed E-state index contributed by atoms with van der Waals surface area (Å²) < 4.78 is 11.3. The highest BCUT2D eigenvalue weighted by atomic mass is 16.5. The van der Waals surface area contributed by atoms with Gasteiger partial charge in [-0.3, -0.25) is 9.59 Å². The van der Waals surface area contributed by atoms with Gasteiger partial charge in [0.15, 0.2) is 0 Å². The number of amides is 1. The van der Waals surface area contributed by atoms with E-state index in [4.69, 9.17) is 9.47 Å². The van der Waals surface area contributed by atoms with Crippen molar-refractivity contribution >= 4 is 17.4 Å². The number of rotatable bonds is 6. The minimum Gasteiger partial charge on any atom is -0.507 e. The minimum atomic E-state index is -0.727. The van der Waals surface area contributed by atoms with Crippen LogP contribution in [0.4, 0.5) is 0 Å². The van der Waals surface area contributed by atoms with E-state index in [9.17, 15) is 14.7 Å². The second kappa shape index (κ2) is 9.29. The number of likely N-dealkylation sites (tertiary alicyclic amines) is 1. The fraction of sp³-hybridized carbons (Fsp3) is 0.241. The molecule has 2 heterocycles. The van der Waals surface area contributed by atoms with Crippen molar-refractivity contribution in [3.63, 3.8) is 0 Å². The van der Waals surface area contributed by atoms with Crippen LogP contribution < -0.4 is 9.47 Å². The summed E-state index contributed by atoms with van der Waals surface area (Å²) in [6.45, 7) is 4.67. The summed E-state index contributed by atoms with van der Waals surface area (Å²) in [7, 11) is 0. The quantitative estimate of drug-likeness (QED) is 0.311. The number of carbonyl (C=O) groups excluding carboxylic acids is 2. The lowest BCUT2D eigenvalue weighted by Crippen LogP contribution is -2.29. The number of hydrogen-bond acceptors (Lipinski definition) is 5. The molecule has 6 nitrogen and oxygen atoms in total. The Morgan fingerprint density at radius 1 is 1.06 bits per heavy atom. The number of ketones is 1. The third kappa shape index (κ3) is 4.28. The first-order valence-corrected chi connectivity index (χ1v) is 11.8. The molecule has 2 aliphatic heterocycles. The van der Waals surface area contributed by atoms with Crippen LogP contribution in [0.15, 0.2) is 78.4 Å². The predicted molar refractivity (Wildman–Crippen MR) is 132 cm³/mol. The second-order valence-corrected chi connectivity index (χ2v) is 8.87. The van der Waals surface area contributed by atoms with Crippen LogP contribution in [0.1, 0.15) is 42.1 Å². The summed E-state index contributed by atoms with van der Waals surface area (Å²) in [5.74, 6) is -0.0272. The Morgan fingerprint density at radius 3 is 2.51 bits per heavy atom. The van der Waals surface area contributed by atoms with Crippen molar-refractivity contribution in [2.75, 3.05) is 6.61 Å². The van der Waals surface area contributed by atoms with Crippen LogP contribution in [0.3, 0.4) is 0 Å². The number of Topliss-reactive ketones (excluding diaryl/α,β-unsaturated/α-hetero) is 1. The number of carbonyl (C=O) groups is 2. The number of aliphatic hydroxyl groups excluding tert-OH is 1. The first kappa shape index (κ1) is 22.7. The van der Waals surface area contributed by atoms with Gasteiger partial charge in [-0.2, -0.15) is 0 Å².